The molecular weight excluding hydrogens is 292 g/mol. The minimum atomic E-state index is 0.00718. The van der Waals surface area contributed by atoms with Crippen LogP contribution in [0.3, 0.4) is 0 Å². The predicted molar refractivity (Wildman–Crippen MR) is 86.0 cm³/mol. The summed E-state index contributed by atoms with van der Waals surface area (Å²) in [5, 5.41) is 10.4. The van der Waals surface area contributed by atoms with Crippen LogP contribution in [-0.2, 0) is 4.79 Å². The number of nitrogens with one attached hydrogen (secondary N) is 2. The number of hydrogen-bond donors (Lipinski definition) is 2. The highest BCUT2D eigenvalue weighted by atomic mass is 33.1. The van der Waals surface area contributed by atoms with Crippen LogP contribution in [0.5, 0.6) is 0 Å². The number of rotatable bonds is 7. The van der Waals surface area contributed by atoms with Gasteiger partial charge < -0.3 is 0 Å². The number of unbranched alkanes of at least 4 members (excludes halogenated alkanes) is 1. The predicted octanol–water partition coefficient (Wildman–Crippen LogP) is 3.58. The van der Waals surface area contributed by atoms with Gasteiger partial charge in [-0.15, -0.1) is 5.10 Å². The van der Waals surface area contributed by atoms with Crippen LogP contribution < -0.4 is 5.32 Å². The van der Waals surface area contributed by atoms with E-state index < -0.39 is 0 Å². The summed E-state index contributed by atoms with van der Waals surface area (Å²) in [5.74, 6) is 2.76. The van der Waals surface area contributed by atoms with E-state index in [1.807, 2.05) is 35.4 Å². The zero-order valence-corrected chi connectivity index (χ0v) is 13.6. The van der Waals surface area contributed by atoms with E-state index in [1.165, 1.54) is 18.6 Å². The van der Waals surface area contributed by atoms with Gasteiger partial charge in [0.2, 0.25) is 11.9 Å². The zero-order valence-electron chi connectivity index (χ0n) is 12.0. The lowest BCUT2D eigenvalue weighted by molar-refractivity contribution is -0.116. The zero-order chi connectivity index (χ0) is 14.4. The van der Waals surface area contributed by atoms with E-state index in [0.29, 0.717) is 12.4 Å². The number of amides is 1. The Kier molecular flexibility index (Phi) is 6.22. The Morgan fingerprint density at radius 1 is 1.50 bits per heavy atom. The Balaban J connectivity index is 1.61. The van der Waals surface area contributed by atoms with Crippen molar-refractivity contribution in [2.45, 2.75) is 57.1 Å². The van der Waals surface area contributed by atoms with Crippen LogP contribution in [0.15, 0.2) is 0 Å². The smallest absolute Gasteiger partial charge is 0.248 e. The first-order chi connectivity index (χ1) is 9.65. The molecule has 0 spiro atoms. The van der Waals surface area contributed by atoms with Crippen molar-refractivity contribution in [1.82, 2.24) is 15.2 Å². The quantitative estimate of drug-likeness (QED) is 0.594. The van der Waals surface area contributed by atoms with E-state index in [2.05, 4.69) is 20.5 Å². The van der Waals surface area contributed by atoms with Gasteiger partial charge in [-0.05, 0) is 19.3 Å². The standard InChI is InChI=1S/C13H22N4OS2/c1-9(2)12-15-13(17-16-12)14-11(18)6-4-3-5-10-7-8-19-20-10/h9-10H,3-8H2,1-2H3,(H2,14,15,16,17,18). The molecule has 1 aliphatic rings. The summed E-state index contributed by atoms with van der Waals surface area (Å²) in [6.45, 7) is 4.07. The van der Waals surface area contributed by atoms with Crippen molar-refractivity contribution >= 4 is 33.4 Å². The average Bonchev–Trinajstić information content (AvgIpc) is 3.05. The van der Waals surface area contributed by atoms with E-state index >= 15 is 0 Å². The monoisotopic (exact) mass is 314 g/mol. The number of aromatic amines is 1. The van der Waals surface area contributed by atoms with Crippen LogP contribution in [-0.4, -0.2) is 32.1 Å². The van der Waals surface area contributed by atoms with Gasteiger partial charge >= 0.3 is 0 Å². The van der Waals surface area contributed by atoms with Crippen LogP contribution in [0.25, 0.3) is 0 Å². The van der Waals surface area contributed by atoms with Gasteiger partial charge in [-0.25, -0.2) is 0 Å². The number of carbonyl (C=O) groups is 1. The average molecular weight is 314 g/mol. The molecule has 2 heterocycles. The Labute approximate surface area is 127 Å². The molecule has 20 heavy (non-hydrogen) atoms. The molecule has 0 aromatic carbocycles. The first-order valence-electron chi connectivity index (χ1n) is 7.15. The highest BCUT2D eigenvalue weighted by Gasteiger charge is 2.16. The van der Waals surface area contributed by atoms with Gasteiger partial charge in [0.05, 0.1) is 0 Å². The summed E-state index contributed by atoms with van der Waals surface area (Å²) in [6.07, 6.45) is 5.15. The maximum atomic E-state index is 11.8. The molecule has 1 saturated heterocycles. The fraction of sp³-hybridized carbons (Fsp3) is 0.769. The molecule has 0 aliphatic carbocycles. The van der Waals surface area contributed by atoms with E-state index in [-0.39, 0.29) is 11.8 Å². The molecule has 1 aliphatic heterocycles. The van der Waals surface area contributed by atoms with Crippen LogP contribution in [0.2, 0.25) is 0 Å². The van der Waals surface area contributed by atoms with Crippen LogP contribution in [0.4, 0.5) is 5.95 Å². The SMILES string of the molecule is CC(C)c1nc(NC(=O)CCCCC2CCSS2)n[nH]1. The summed E-state index contributed by atoms with van der Waals surface area (Å²) in [4.78, 5) is 16.0. The van der Waals surface area contributed by atoms with Gasteiger partial charge in [0.25, 0.3) is 0 Å². The third-order valence-corrected chi connectivity index (χ3v) is 6.21. The molecule has 1 aromatic heterocycles. The van der Waals surface area contributed by atoms with Crippen molar-refractivity contribution in [3.8, 4) is 0 Å². The summed E-state index contributed by atoms with van der Waals surface area (Å²) < 4.78 is 0. The third kappa shape index (κ3) is 5.01. The summed E-state index contributed by atoms with van der Waals surface area (Å²) in [7, 11) is 3.97. The van der Waals surface area contributed by atoms with Gasteiger partial charge in [-0.3, -0.25) is 15.2 Å². The van der Waals surface area contributed by atoms with Gasteiger partial charge in [0.15, 0.2) is 0 Å². The van der Waals surface area contributed by atoms with Crippen molar-refractivity contribution in [3.63, 3.8) is 0 Å². The van der Waals surface area contributed by atoms with Crippen molar-refractivity contribution in [1.29, 1.82) is 0 Å². The molecule has 5 nitrogen and oxygen atoms in total. The van der Waals surface area contributed by atoms with Crippen molar-refractivity contribution in [2.75, 3.05) is 11.1 Å². The number of anilines is 1. The minimum Gasteiger partial charge on any atom is -0.293 e. The first kappa shape index (κ1) is 15.7. The number of aromatic nitrogens is 3. The van der Waals surface area contributed by atoms with Crippen LogP contribution >= 0.6 is 21.6 Å². The molecule has 1 unspecified atom stereocenters. The molecule has 1 aromatic rings. The maximum Gasteiger partial charge on any atom is 0.248 e. The Morgan fingerprint density at radius 2 is 2.35 bits per heavy atom. The number of nitrogens with zero attached hydrogens (tertiary/aromatic N) is 2. The topological polar surface area (TPSA) is 70.7 Å². The lowest BCUT2D eigenvalue weighted by atomic mass is 10.1. The highest BCUT2D eigenvalue weighted by Crippen LogP contribution is 2.39. The van der Waals surface area contributed by atoms with Gasteiger partial charge in [0, 0.05) is 23.3 Å². The normalized spacial score (nSPS) is 18.6. The van der Waals surface area contributed by atoms with E-state index in [9.17, 15) is 4.79 Å². The van der Waals surface area contributed by atoms with E-state index in [0.717, 1.165) is 23.9 Å². The minimum absolute atomic E-state index is 0.00718. The van der Waals surface area contributed by atoms with Crippen molar-refractivity contribution in [2.24, 2.45) is 0 Å². The van der Waals surface area contributed by atoms with E-state index in [1.54, 1.807) is 0 Å². The van der Waals surface area contributed by atoms with Crippen LogP contribution in [0.1, 0.15) is 57.7 Å². The molecule has 1 atom stereocenters. The molecule has 7 heteroatoms. The molecule has 0 bridgehead atoms. The third-order valence-electron chi connectivity index (χ3n) is 3.21. The number of H-pyrrole nitrogens is 1. The highest BCUT2D eigenvalue weighted by molar-refractivity contribution is 8.77. The van der Waals surface area contributed by atoms with Crippen molar-refractivity contribution < 1.29 is 4.79 Å². The Morgan fingerprint density at radius 3 is 3.00 bits per heavy atom. The molecule has 0 saturated carbocycles. The number of carbonyl (C=O) groups excluding carboxylic acids is 1. The lowest BCUT2D eigenvalue weighted by Gasteiger charge is -2.06. The fourth-order valence-corrected chi connectivity index (χ4v) is 5.03. The molecule has 0 radical (unpaired) electrons. The first-order valence-corrected chi connectivity index (χ1v) is 9.54. The van der Waals surface area contributed by atoms with Gasteiger partial charge in [-0.1, -0.05) is 41.9 Å². The second-order valence-corrected chi connectivity index (χ2v) is 8.11. The second kappa shape index (κ2) is 7.93. The van der Waals surface area contributed by atoms with Crippen LogP contribution in [0, 0.1) is 0 Å². The van der Waals surface area contributed by atoms with E-state index in [4.69, 9.17) is 0 Å². The Hall–Kier alpha value is -0.690. The fourth-order valence-electron chi connectivity index (χ4n) is 2.00. The van der Waals surface area contributed by atoms with Gasteiger partial charge in [0.1, 0.15) is 5.82 Å². The maximum absolute atomic E-state index is 11.8. The lowest BCUT2D eigenvalue weighted by Crippen LogP contribution is -2.12. The van der Waals surface area contributed by atoms with Gasteiger partial charge in [-0.2, -0.15) is 4.98 Å². The second-order valence-electron chi connectivity index (χ2n) is 5.32. The summed E-state index contributed by atoms with van der Waals surface area (Å²) >= 11 is 0. The molecule has 112 valence electrons. The largest absolute Gasteiger partial charge is 0.293 e. The summed E-state index contributed by atoms with van der Waals surface area (Å²) in [6, 6.07) is 0. The molecule has 2 rings (SSSR count). The summed E-state index contributed by atoms with van der Waals surface area (Å²) in [5.41, 5.74) is 0. The molecule has 1 amide bonds. The molecular formula is C13H22N4OS2. The molecule has 2 N–H and O–H groups in total. The molecule has 1 fully saturated rings. The van der Waals surface area contributed by atoms with Crippen molar-refractivity contribution in [3.05, 3.63) is 5.82 Å². The Bertz CT molecular complexity index is 430. The number of hydrogen-bond acceptors (Lipinski definition) is 5.